The van der Waals surface area contributed by atoms with E-state index in [2.05, 4.69) is 30.6 Å². The quantitative estimate of drug-likeness (QED) is 0.642. The van der Waals surface area contributed by atoms with Gasteiger partial charge in [0.2, 0.25) is 5.95 Å². The van der Waals surface area contributed by atoms with Crippen molar-refractivity contribution in [2.75, 3.05) is 17.2 Å². The van der Waals surface area contributed by atoms with Gasteiger partial charge in [-0.3, -0.25) is 0 Å². The molecule has 0 saturated heterocycles. The third kappa shape index (κ3) is 3.07. The lowest BCUT2D eigenvalue weighted by Gasteiger charge is -2.22. The first-order valence-corrected chi connectivity index (χ1v) is 7.67. The van der Waals surface area contributed by atoms with Gasteiger partial charge in [-0.15, -0.1) is 0 Å². The number of aliphatic hydroxyl groups is 1. The molecule has 1 aliphatic rings. The summed E-state index contributed by atoms with van der Waals surface area (Å²) in [6, 6.07) is 0.0309. The lowest BCUT2D eigenvalue weighted by atomic mass is 10.1. The van der Waals surface area contributed by atoms with E-state index < -0.39 is 0 Å². The van der Waals surface area contributed by atoms with Gasteiger partial charge in [-0.25, -0.2) is 4.98 Å². The predicted molar refractivity (Wildman–Crippen MR) is 82.3 cm³/mol. The van der Waals surface area contributed by atoms with Crippen molar-refractivity contribution in [2.24, 2.45) is 0 Å². The first-order chi connectivity index (χ1) is 10.3. The first kappa shape index (κ1) is 14.1. The van der Waals surface area contributed by atoms with Crippen molar-refractivity contribution in [3.05, 3.63) is 6.33 Å². The molecule has 1 aliphatic carbocycles. The number of nitrogens with one attached hydrogen (secondary N) is 3. The van der Waals surface area contributed by atoms with Crippen LogP contribution in [0.5, 0.6) is 0 Å². The van der Waals surface area contributed by atoms with Crippen molar-refractivity contribution in [3.63, 3.8) is 0 Å². The standard InChI is InChI=1S/C14H22N6O/c1-2-15-14-19-12-11(16-8-17-12)13(20-14)18-9-6-4-3-5-7-10(9)21/h8-10,21H,2-7H2,1H3,(H3,15,16,17,18,19,20). The molecule has 2 unspecified atom stereocenters. The summed E-state index contributed by atoms with van der Waals surface area (Å²) in [5.41, 5.74) is 1.42. The zero-order valence-electron chi connectivity index (χ0n) is 12.3. The molecule has 2 aromatic rings. The van der Waals surface area contributed by atoms with Gasteiger partial charge in [-0.2, -0.15) is 9.97 Å². The third-order valence-corrected chi connectivity index (χ3v) is 3.92. The Bertz CT molecular complexity index is 598. The number of aromatic amines is 1. The number of aliphatic hydroxyl groups excluding tert-OH is 1. The van der Waals surface area contributed by atoms with Crippen molar-refractivity contribution < 1.29 is 5.11 Å². The highest BCUT2D eigenvalue weighted by atomic mass is 16.3. The number of hydrogen-bond donors (Lipinski definition) is 4. The van der Waals surface area contributed by atoms with Gasteiger partial charge < -0.3 is 20.7 Å². The number of H-pyrrole nitrogens is 1. The van der Waals surface area contributed by atoms with E-state index in [9.17, 15) is 5.11 Å². The Labute approximate surface area is 123 Å². The van der Waals surface area contributed by atoms with Crippen LogP contribution >= 0.6 is 0 Å². The highest BCUT2D eigenvalue weighted by Gasteiger charge is 2.23. The van der Waals surface area contributed by atoms with Gasteiger partial charge in [0.05, 0.1) is 18.5 Å². The Morgan fingerprint density at radius 3 is 3.00 bits per heavy atom. The van der Waals surface area contributed by atoms with E-state index in [1.54, 1.807) is 6.33 Å². The topological polar surface area (TPSA) is 98.8 Å². The molecular formula is C14H22N6O. The van der Waals surface area contributed by atoms with Gasteiger partial charge in [0.15, 0.2) is 11.5 Å². The van der Waals surface area contributed by atoms with Gasteiger partial charge in [-0.1, -0.05) is 19.3 Å². The minimum atomic E-state index is -0.331. The zero-order valence-corrected chi connectivity index (χ0v) is 12.3. The van der Waals surface area contributed by atoms with Gasteiger partial charge in [0.25, 0.3) is 0 Å². The fraction of sp³-hybridized carbons (Fsp3) is 0.643. The Balaban J connectivity index is 1.89. The van der Waals surface area contributed by atoms with Crippen molar-refractivity contribution >= 4 is 22.9 Å². The van der Waals surface area contributed by atoms with E-state index in [0.717, 1.165) is 37.7 Å². The summed E-state index contributed by atoms with van der Waals surface area (Å²) in [6.45, 7) is 2.75. The number of fused-ring (bicyclic) bond motifs is 1. The van der Waals surface area contributed by atoms with Gasteiger partial charge in [0.1, 0.15) is 5.52 Å². The Kier molecular flexibility index (Phi) is 4.19. The maximum atomic E-state index is 10.3. The fourth-order valence-electron chi connectivity index (χ4n) is 2.81. The molecule has 114 valence electrons. The molecular weight excluding hydrogens is 268 g/mol. The molecule has 2 aromatic heterocycles. The summed E-state index contributed by atoms with van der Waals surface area (Å²) in [6.07, 6.45) is 6.48. The van der Waals surface area contributed by atoms with E-state index in [0.29, 0.717) is 17.4 Å². The van der Waals surface area contributed by atoms with Crippen LogP contribution in [0.3, 0.4) is 0 Å². The molecule has 21 heavy (non-hydrogen) atoms. The van der Waals surface area contributed by atoms with Gasteiger partial charge >= 0.3 is 0 Å². The highest BCUT2D eigenvalue weighted by Crippen LogP contribution is 2.24. The second kappa shape index (κ2) is 6.26. The number of nitrogens with zero attached hydrogens (tertiary/aromatic N) is 3. The molecule has 7 heteroatoms. The second-order valence-electron chi connectivity index (χ2n) is 5.48. The number of anilines is 2. The van der Waals surface area contributed by atoms with Crippen LogP contribution in [0, 0.1) is 0 Å². The molecule has 0 amide bonds. The van der Waals surface area contributed by atoms with Gasteiger partial charge in [0, 0.05) is 6.54 Å². The van der Waals surface area contributed by atoms with Crippen LogP contribution in [0.1, 0.15) is 39.0 Å². The number of rotatable bonds is 4. The predicted octanol–water partition coefficient (Wildman–Crippen LogP) is 1.89. The lowest BCUT2D eigenvalue weighted by Crippen LogP contribution is -2.33. The molecule has 2 atom stereocenters. The van der Waals surface area contributed by atoms with Crippen LogP contribution in [-0.4, -0.2) is 43.7 Å². The maximum absolute atomic E-state index is 10.3. The average molecular weight is 290 g/mol. The highest BCUT2D eigenvalue weighted by molar-refractivity contribution is 5.83. The summed E-state index contributed by atoms with van der Waals surface area (Å²) in [5.74, 6) is 1.27. The SMILES string of the molecule is CCNc1nc(NC2CCCCCC2O)c2[nH]cnc2n1. The molecule has 1 saturated carbocycles. The molecule has 0 radical (unpaired) electrons. The van der Waals surface area contributed by atoms with Crippen LogP contribution in [0.4, 0.5) is 11.8 Å². The number of hydrogen-bond acceptors (Lipinski definition) is 6. The van der Waals surface area contributed by atoms with E-state index in [1.807, 2.05) is 6.92 Å². The summed E-state index contributed by atoms with van der Waals surface area (Å²) in [5, 5.41) is 16.8. The van der Waals surface area contributed by atoms with Crippen LogP contribution in [0.25, 0.3) is 11.2 Å². The minimum Gasteiger partial charge on any atom is -0.391 e. The largest absolute Gasteiger partial charge is 0.391 e. The lowest BCUT2D eigenvalue weighted by molar-refractivity contribution is 0.144. The Morgan fingerprint density at radius 2 is 2.14 bits per heavy atom. The maximum Gasteiger partial charge on any atom is 0.226 e. The average Bonchev–Trinajstić information content (AvgIpc) is 2.85. The van der Waals surface area contributed by atoms with Crippen molar-refractivity contribution in [2.45, 2.75) is 51.2 Å². The molecule has 4 N–H and O–H groups in total. The minimum absolute atomic E-state index is 0.0309. The summed E-state index contributed by atoms with van der Waals surface area (Å²) >= 11 is 0. The molecule has 7 nitrogen and oxygen atoms in total. The van der Waals surface area contributed by atoms with E-state index >= 15 is 0 Å². The Morgan fingerprint density at radius 1 is 1.29 bits per heavy atom. The van der Waals surface area contributed by atoms with Crippen LogP contribution < -0.4 is 10.6 Å². The normalized spacial score (nSPS) is 23.0. The molecule has 0 spiro atoms. The van der Waals surface area contributed by atoms with Gasteiger partial charge in [-0.05, 0) is 19.8 Å². The van der Waals surface area contributed by atoms with E-state index in [4.69, 9.17) is 0 Å². The summed E-state index contributed by atoms with van der Waals surface area (Å²) < 4.78 is 0. The molecule has 3 rings (SSSR count). The first-order valence-electron chi connectivity index (χ1n) is 7.67. The fourth-order valence-corrected chi connectivity index (χ4v) is 2.81. The molecule has 0 aromatic carbocycles. The summed E-state index contributed by atoms with van der Waals surface area (Å²) in [7, 11) is 0. The zero-order chi connectivity index (χ0) is 14.7. The third-order valence-electron chi connectivity index (χ3n) is 3.92. The molecule has 1 fully saturated rings. The van der Waals surface area contributed by atoms with E-state index in [-0.39, 0.29) is 12.1 Å². The monoisotopic (exact) mass is 290 g/mol. The smallest absolute Gasteiger partial charge is 0.226 e. The van der Waals surface area contributed by atoms with Crippen molar-refractivity contribution in [3.8, 4) is 0 Å². The summed E-state index contributed by atoms with van der Waals surface area (Å²) in [4.78, 5) is 16.1. The Hall–Kier alpha value is -1.89. The molecule has 0 aliphatic heterocycles. The molecule has 2 heterocycles. The van der Waals surface area contributed by atoms with E-state index in [1.165, 1.54) is 6.42 Å². The van der Waals surface area contributed by atoms with Crippen molar-refractivity contribution in [1.82, 2.24) is 19.9 Å². The number of aromatic nitrogens is 4. The molecule has 0 bridgehead atoms. The van der Waals surface area contributed by atoms with Crippen LogP contribution in [-0.2, 0) is 0 Å². The van der Waals surface area contributed by atoms with Crippen molar-refractivity contribution in [1.29, 1.82) is 0 Å². The number of imidazole rings is 1. The second-order valence-corrected chi connectivity index (χ2v) is 5.48. The van der Waals surface area contributed by atoms with Crippen LogP contribution in [0.2, 0.25) is 0 Å². The van der Waals surface area contributed by atoms with Crippen LogP contribution in [0.15, 0.2) is 6.33 Å².